The average Bonchev–Trinajstić information content (AvgIpc) is 2.89. The Bertz CT molecular complexity index is 1530. The molecule has 0 saturated carbocycles. The number of hydrogen-bond donors (Lipinski definition) is 1. The monoisotopic (exact) mass is 601 g/mol. The summed E-state index contributed by atoms with van der Waals surface area (Å²) in [7, 11) is -1.39. The molecule has 1 aromatic heterocycles. The normalized spacial score (nSPS) is 14.8. The molecule has 41 heavy (non-hydrogen) atoms. The van der Waals surface area contributed by atoms with Crippen LogP contribution >= 0.6 is 11.6 Å². The van der Waals surface area contributed by atoms with E-state index in [1.807, 2.05) is 20.0 Å². The molecule has 8 nitrogen and oxygen atoms in total. The highest BCUT2D eigenvalue weighted by atomic mass is 35.5. The molecule has 1 aliphatic heterocycles. The Hall–Kier alpha value is -3.08. The van der Waals surface area contributed by atoms with Gasteiger partial charge in [-0.15, -0.1) is 0 Å². The van der Waals surface area contributed by atoms with Gasteiger partial charge in [0.15, 0.2) is 9.84 Å². The van der Waals surface area contributed by atoms with Crippen LogP contribution < -0.4 is 5.32 Å². The van der Waals surface area contributed by atoms with E-state index in [4.69, 9.17) is 11.6 Å². The van der Waals surface area contributed by atoms with Crippen LogP contribution in [0.1, 0.15) is 48.7 Å². The largest absolute Gasteiger partial charge is 0.340 e. The molecule has 0 radical (unpaired) electrons. The van der Waals surface area contributed by atoms with E-state index in [0.717, 1.165) is 29.9 Å². The first-order valence-corrected chi connectivity index (χ1v) is 15.6. The summed E-state index contributed by atoms with van der Waals surface area (Å²) in [5.41, 5.74) is 3.82. The lowest BCUT2D eigenvalue weighted by atomic mass is 10.0. The van der Waals surface area contributed by atoms with Crippen LogP contribution in [0.4, 0.5) is 16.0 Å². The third-order valence-electron chi connectivity index (χ3n) is 7.34. The molecule has 1 saturated heterocycles. The molecule has 0 bridgehead atoms. The van der Waals surface area contributed by atoms with Gasteiger partial charge in [-0.3, -0.25) is 4.79 Å². The van der Waals surface area contributed by atoms with Crippen molar-refractivity contribution in [3.05, 3.63) is 81.4 Å². The summed E-state index contributed by atoms with van der Waals surface area (Å²) >= 11 is 6.34. The second-order valence-electron chi connectivity index (χ2n) is 11.6. The lowest BCUT2D eigenvalue weighted by Gasteiger charge is -2.32. The van der Waals surface area contributed by atoms with Gasteiger partial charge in [0.1, 0.15) is 5.82 Å². The van der Waals surface area contributed by atoms with Crippen LogP contribution in [0.5, 0.6) is 0 Å². The van der Waals surface area contributed by atoms with Crippen LogP contribution in [0.25, 0.3) is 0 Å². The quantitative estimate of drug-likeness (QED) is 0.391. The lowest BCUT2D eigenvalue weighted by Crippen LogP contribution is -2.47. The van der Waals surface area contributed by atoms with Gasteiger partial charge >= 0.3 is 0 Å². The minimum absolute atomic E-state index is 0.0150. The van der Waals surface area contributed by atoms with Gasteiger partial charge < -0.3 is 15.1 Å². The first-order chi connectivity index (χ1) is 19.2. The number of hydrogen-bond acceptors (Lipinski definition) is 7. The number of amides is 1. The zero-order valence-corrected chi connectivity index (χ0v) is 25.7. The van der Waals surface area contributed by atoms with Crippen molar-refractivity contribution < 1.29 is 17.6 Å². The maximum atomic E-state index is 14.9. The number of halogens is 2. The number of carbonyl (C=O) groups is 1. The van der Waals surface area contributed by atoms with Crippen molar-refractivity contribution >= 4 is 39.0 Å². The van der Waals surface area contributed by atoms with E-state index in [-0.39, 0.29) is 18.1 Å². The fraction of sp³-hybridized carbons (Fsp3) is 0.433. The smallest absolute Gasteiger partial charge is 0.227 e. The third kappa shape index (κ3) is 7.81. The number of aryl methyl sites for hydroxylation is 1. The third-order valence-corrected chi connectivity index (χ3v) is 10.3. The molecule has 0 spiro atoms. The number of aromatic nitrogens is 2. The van der Waals surface area contributed by atoms with Gasteiger partial charge in [-0.25, -0.2) is 22.8 Å². The molecule has 3 aromatic rings. The highest BCUT2D eigenvalue weighted by Crippen LogP contribution is 2.27. The second kappa shape index (κ2) is 12.4. The van der Waals surface area contributed by atoms with E-state index in [9.17, 15) is 17.6 Å². The van der Waals surface area contributed by atoms with Crippen molar-refractivity contribution in [1.82, 2.24) is 19.8 Å². The van der Waals surface area contributed by atoms with Crippen LogP contribution in [0.3, 0.4) is 0 Å². The molecule has 1 aliphatic rings. The zero-order valence-electron chi connectivity index (χ0n) is 24.2. The molecule has 0 atom stereocenters. The number of nitrogens with one attached hydrogen (secondary N) is 1. The summed E-state index contributed by atoms with van der Waals surface area (Å²) in [4.78, 5) is 25.6. The van der Waals surface area contributed by atoms with Crippen LogP contribution in [-0.4, -0.2) is 72.1 Å². The average molecular weight is 602 g/mol. The highest BCUT2D eigenvalue weighted by molar-refractivity contribution is 7.91. The molecule has 0 unspecified atom stereocenters. The minimum atomic E-state index is -3.41. The molecule has 1 fully saturated rings. The number of sulfone groups is 1. The summed E-state index contributed by atoms with van der Waals surface area (Å²) in [5.74, 6) is -0.397. The Balaban J connectivity index is 1.46. The lowest BCUT2D eigenvalue weighted by molar-refractivity contribution is -0.132. The van der Waals surface area contributed by atoms with Crippen LogP contribution in [-0.2, 0) is 33.2 Å². The van der Waals surface area contributed by atoms with Crippen LogP contribution in [0.2, 0.25) is 5.02 Å². The molecular weight excluding hydrogens is 565 g/mol. The maximum absolute atomic E-state index is 14.9. The van der Waals surface area contributed by atoms with Crippen molar-refractivity contribution in [2.75, 3.05) is 38.5 Å². The van der Waals surface area contributed by atoms with Crippen LogP contribution in [0, 0.1) is 12.7 Å². The number of anilines is 2. The van der Waals surface area contributed by atoms with Crippen LogP contribution in [0.15, 0.2) is 42.6 Å². The summed E-state index contributed by atoms with van der Waals surface area (Å²) in [5, 5.41) is 3.45. The van der Waals surface area contributed by atoms with Crippen molar-refractivity contribution in [1.29, 1.82) is 0 Å². The summed E-state index contributed by atoms with van der Waals surface area (Å²) in [6.45, 7) is 9.84. The van der Waals surface area contributed by atoms with Crippen molar-refractivity contribution in [3.63, 3.8) is 0 Å². The molecule has 0 aliphatic carbocycles. The Morgan fingerprint density at radius 2 is 1.78 bits per heavy atom. The molecule has 2 aromatic carbocycles. The van der Waals surface area contributed by atoms with Gasteiger partial charge in [0.25, 0.3) is 0 Å². The van der Waals surface area contributed by atoms with Crippen molar-refractivity contribution in [3.8, 4) is 0 Å². The predicted molar refractivity (Wildman–Crippen MR) is 161 cm³/mol. The standard InChI is InChI=1S/C30H37ClFN5O3S/c1-20-18-33-29(34-24-8-7-22(26(32)17-24)16-28(38)37-12-10-36(5)11-13-37)35-27(20)15-21-6-9-25(31)23(14-21)19-41(39,40)30(2,3)4/h6-9,14,17-18H,10-13,15-16,19H2,1-5H3,(H,33,34,35). The fourth-order valence-corrected chi connectivity index (χ4v) is 5.75. The zero-order chi connectivity index (χ0) is 29.9. The van der Waals surface area contributed by atoms with Gasteiger partial charge in [-0.2, -0.15) is 0 Å². The maximum Gasteiger partial charge on any atom is 0.227 e. The van der Waals surface area contributed by atoms with Gasteiger partial charge in [-0.05, 0) is 75.2 Å². The Morgan fingerprint density at radius 1 is 1.07 bits per heavy atom. The summed E-state index contributed by atoms with van der Waals surface area (Å²) < 4.78 is 39.6. The van der Waals surface area contributed by atoms with E-state index in [2.05, 4.69) is 20.2 Å². The molecule has 4 rings (SSSR count). The van der Waals surface area contributed by atoms with Gasteiger partial charge in [0, 0.05) is 49.5 Å². The molecule has 1 amide bonds. The van der Waals surface area contributed by atoms with E-state index in [0.29, 0.717) is 47.3 Å². The molecular formula is C30H37ClFN5O3S. The first kappa shape index (κ1) is 30.9. The van der Waals surface area contributed by atoms with Gasteiger partial charge in [-0.1, -0.05) is 29.8 Å². The van der Waals surface area contributed by atoms with Gasteiger partial charge in [0.05, 0.1) is 22.6 Å². The van der Waals surface area contributed by atoms with Gasteiger partial charge in [0.2, 0.25) is 11.9 Å². The highest BCUT2D eigenvalue weighted by Gasteiger charge is 2.30. The Morgan fingerprint density at radius 3 is 2.44 bits per heavy atom. The van der Waals surface area contributed by atoms with Crippen molar-refractivity contribution in [2.45, 2.75) is 51.0 Å². The molecule has 1 N–H and O–H groups in total. The number of nitrogens with zero attached hydrogens (tertiary/aromatic N) is 4. The Kier molecular flexibility index (Phi) is 9.35. The first-order valence-electron chi connectivity index (χ1n) is 13.6. The fourth-order valence-electron chi connectivity index (χ4n) is 4.41. The minimum Gasteiger partial charge on any atom is -0.340 e. The SMILES string of the molecule is Cc1cnc(Nc2ccc(CC(=O)N3CCN(C)CC3)c(F)c2)nc1Cc1ccc(Cl)c(CS(=O)(=O)C(C)(C)C)c1. The predicted octanol–water partition coefficient (Wildman–Crippen LogP) is 4.94. The van der Waals surface area contributed by atoms with E-state index >= 15 is 0 Å². The van der Waals surface area contributed by atoms with E-state index < -0.39 is 20.4 Å². The van der Waals surface area contributed by atoms with E-state index in [1.165, 1.54) is 6.07 Å². The summed E-state index contributed by atoms with van der Waals surface area (Å²) in [6.07, 6.45) is 2.14. The van der Waals surface area contributed by atoms with Crippen molar-refractivity contribution in [2.24, 2.45) is 0 Å². The number of benzene rings is 2. The topological polar surface area (TPSA) is 95.5 Å². The number of likely N-dealkylation sites (N-methyl/N-ethyl adjacent to an activating group) is 1. The molecule has 11 heteroatoms. The number of carbonyl (C=O) groups excluding carboxylic acids is 1. The number of rotatable bonds is 8. The number of piperazine rings is 1. The second-order valence-corrected chi connectivity index (χ2v) is 14.7. The molecule has 220 valence electrons. The van der Waals surface area contributed by atoms with E-state index in [1.54, 1.807) is 56.1 Å². The summed E-state index contributed by atoms with van der Waals surface area (Å²) in [6, 6.07) is 10.0. The Labute approximate surface area is 246 Å². The molecule has 2 heterocycles.